The average molecular weight is 418 g/mol. The minimum absolute atomic E-state index is 0.0520. The molecule has 1 amide bonds. The van der Waals surface area contributed by atoms with Gasteiger partial charge in [0.1, 0.15) is 17.4 Å². The van der Waals surface area contributed by atoms with Crippen molar-refractivity contribution >= 4 is 50.0 Å². The van der Waals surface area contributed by atoms with Crippen LogP contribution in [0, 0.1) is 18.6 Å². The van der Waals surface area contributed by atoms with E-state index in [-0.39, 0.29) is 22.9 Å². The first kappa shape index (κ1) is 18.9. The number of anilines is 2. The van der Waals surface area contributed by atoms with E-state index in [1.165, 1.54) is 36.4 Å². The third kappa shape index (κ3) is 2.93. The van der Waals surface area contributed by atoms with Gasteiger partial charge in [0.25, 0.3) is 0 Å². The monoisotopic (exact) mass is 418 g/mol. The van der Waals surface area contributed by atoms with Gasteiger partial charge in [-0.2, -0.15) is 0 Å². The van der Waals surface area contributed by atoms with Crippen LogP contribution in [0.25, 0.3) is 32.6 Å². The van der Waals surface area contributed by atoms with Gasteiger partial charge in [0.05, 0.1) is 16.9 Å². The minimum atomic E-state index is -1.31. The largest absolute Gasteiger partial charge is 0.506 e. The van der Waals surface area contributed by atoms with Crippen LogP contribution in [0.5, 0.6) is 5.75 Å². The zero-order valence-electron chi connectivity index (χ0n) is 16.3. The van der Waals surface area contributed by atoms with Crippen LogP contribution in [-0.2, 0) is 0 Å². The second-order valence-electron chi connectivity index (χ2n) is 7.41. The van der Waals surface area contributed by atoms with Crippen molar-refractivity contribution in [2.75, 3.05) is 4.90 Å². The molecule has 0 bridgehead atoms. The fourth-order valence-electron chi connectivity index (χ4n) is 4.08. The van der Waals surface area contributed by atoms with Crippen LogP contribution in [0.2, 0.25) is 0 Å². The number of hydrogen-bond donors (Lipinski definition) is 3. The van der Waals surface area contributed by atoms with E-state index in [1.807, 2.05) is 6.07 Å². The van der Waals surface area contributed by atoms with E-state index in [2.05, 4.69) is 4.98 Å². The van der Waals surface area contributed by atoms with Crippen LogP contribution in [0.3, 0.4) is 0 Å². The molecular formula is C24H16F2N2O3. The van der Waals surface area contributed by atoms with Gasteiger partial charge >= 0.3 is 6.09 Å². The Kier molecular flexibility index (Phi) is 4.08. The molecule has 1 aromatic heterocycles. The summed E-state index contributed by atoms with van der Waals surface area (Å²) in [7, 11) is 0. The fraction of sp³-hybridized carbons (Fsp3) is 0.0417. The molecule has 1 heterocycles. The smallest absolute Gasteiger partial charge is 0.416 e. The predicted molar refractivity (Wildman–Crippen MR) is 116 cm³/mol. The lowest BCUT2D eigenvalue weighted by Gasteiger charge is -2.23. The summed E-state index contributed by atoms with van der Waals surface area (Å²) in [5.41, 5.74) is 2.17. The van der Waals surface area contributed by atoms with Crippen LogP contribution in [0.15, 0.2) is 60.7 Å². The number of nitrogens with zero attached hydrogens (tertiary/aromatic N) is 1. The van der Waals surface area contributed by atoms with E-state index in [0.29, 0.717) is 21.9 Å². The highest BCUT2D eigenvalue weighted by Gasteiger charge is 2.23. The fourth-order valence-corrected chi connectivity index (χ4v) is 4.08. The second-order valence-corrected chi connectivity index (χ2v) is 7.41. The molecule has 5 rings (SSSR count). The number of aromatic nitrogens is 1. The van der Waals surface area contributed by atoms with Gasteiger partial charge in [-0.1, -0.05) is 12.1 Å². The number of H-pyrrole nitrogens is 1. The number of benzene rings is 4. The number of phenolic OH excluding ortho intramolecular Hbond substituents is 1. The number of nitrogens with one attached hydrogen (secondary N) is 1. The molecule has 7 heteroatoms. The Hall–Kier alpha value is -4.13. The van der Waals surface area contributed by atoms with Crippen LogP contribution in [0.4, 0.5) is 25.0 Å². The van der Waals surface area contributed by atoms with Crippen molar-refractivity contribution in [3.63, 3.8) is 0 Å². The lowest BCUT2D eigenvalue weighted by molar-refractivity contribution is 0.204. The molecule has 5 nitrogen and oxygen atoms in total. The van der Waals surface area contributed by atoms with Crippen molar-refractivity contribution in [2.24, 2.45) is 0 Å². The first-order valence-electron chi connectivity index (χ1n) is 9.49. The Labute approximate surface area is 174 Å². The molecule has 154 valence electrons. The van der Waals surface area contributed by atoms with E-state index in [9.17, 15) is 23.8 Å². The number of amides is 1. The lowest BCUT2D eigenvalue weighted by atomic mass is 10.0. The molecule has 0 aliphatic rings. The van der Waals surface area contributed by atoms with Crippen LogP contribution in [0.1, 0.15) is 5.56 Å². The SMILES string of the molecule is Cc1cc(F)ccc1N(C(=O)O)c1cc2ccc3c4cc(F)ccc4[nH]c3c2cc1O. The maximum absolute atomic E-state index is 13.7. The van der Waals surface area contributed by atoms with Crippen LogP contribution >= 0.6 is 0 Å². The third-order valence-corrected chi connectivity index (χ3v) is 5.48. The topological polar surface area (TPSA) is 76.6 Å². The summed E-state index contributed by atoms with van der Waals surface area (Å²) in [6.07, 6.45) is -1.31. The lowest BCUT2D eigenvalue weighted by Crippen LogP contribution is -2.24. The highest BCUT2D eigenvalue weighted by atomic mass is 19.1. The van der Waals surface area contributed by atoms with Gasteiger partial charge in [0, 0.05) is 21.7 Å². The van der Waals surface area contributed by atoms with E-state index < -0.39 is 11.9 Å². The van der Waals surface area contributed by atoms with Gasteiger partial charge in [-0.25, -0.2) is 18.5 Å². The molecule has 0 unspecified atom stereocenters. The molecule has 0 atom stereocenters. The highest BCUT2D eigenvalue weighted by Crippen LogP contribution is 2.40. The van der Waals surface area contributed by atoms with Gasteiger partial charge in [0.2, 0.25) is 0 Å². The summed E-state index contributed by atoms with van der Waals surface area (Å²) in [5.74, 6) is -1.08. The number of carboxylic acid groups (broad SMARTS) is 1. The van der Waals surface area contributed by atoms with Gasteiger partial charge in [-0.3, -0.25) is 0 Å². The zero-order valence-corrected chi connectivity index (χ0v) is 16.3. The molecule has 0 fully saturated rings. The Balaban J connectivity index is 1.76. The minimum Gasteiger partial charge on any atom is -0.506 e. The number of rotatable bonds is 2. The highest BCUT2D eigenvalue weighted by molar-refractivity contribution is 6.18. The van der Waals surface area contributed by atoms with Crippen molar-refractivity contribution in [1.82, 2.24) is 4.98 Å². The Morgan fingerprint density at radius 2 is 1.61 bits per heavy atom. The summed E-state index contributed by atoms with van der Waals surface area (Å²) >= 11 is 0. The summed E-state index contributed by atoms with van der Waals surface area (Å²) in [4.78, 5) is 16.2. The van der Waals surface area contributed by atoms with Gasteiger partial charge in [-0.05, 0) is 66.4 Å². The molecule has 0 aliphatic heterocycles. The van der Waals surface area contributed by atoms with Crippen molar-refractivity contribution in [2.45, 2.75) is 6.92 Å². The normalized spacial score (nSPS) is 11.5. The third-order valence-electron chi connectivity index (χ3n) is 5.48. The molecule has 0 spiro atoms. The van der Waals surface area contributed by atoms with E-state index in [0.717, 1.165) is 21.2 Å². The summed E-state index contributed by atoms with van der Waals surface area (Å²) in [6, 6.07) is 14.9. The number of aryl methyl sites for hydroxylation is 1. The van der Waals surface area contributed by atoms with E-state index in [4.69, 9.17) is 0 Å². The summed E-state index contributed by atoms with van der Waals surface area (Å²) in [6.45, 7) is 1.60. The van der Waals surface area contributed by atoms with Crippen molar-refractivity contribution in [1.29, 1.82) is 0 Å². The van der Waals surface area contributed by atoms with Gasteiger partial charge in [0.15, 0.2) is 0 Å². The van der Waals surface area contributed by atoms with Crippen LogP contribution in [-0.4, -0.2) is 21.3 Å². The van der Waals surface area contributed by atoms with Crippen molar-refractivity contribution in [3.8, 4) is 5.75 Å². The van der Waals surface area contributed by atoms with Crippen LogP contribution < -0.4 is 4.90 Å². The maximum atomic E-state index is 13.7. The Morgan fingerprint density at radius 1 is 0.871 bits per heavy atom. The molecular weight excluding hydrogens is 402 g/mol. The molecule has 31 heavy (non-hydrogen) atoms. The van der Waals surface area contributed by atoms with Crippen molar-refractivity contribution in [3.05, 3.63) is 77.9 Å². The van der Waals surface area contributed by atoms with E-state index in [1.54, 1.807) is 25.1 Å². The number of aromatic hydroxyl groups is 1. The predicted octanol–water partition coefficient (Wildman–Crippen LogP) is 6.58. The van der Waals surface area contributed by atoms with Gasteiger partial charge in [-0.15, -0.1) is 0 Å². The maximum Gasteiger partial charge on any atom is 0.416 e. The summed E-state index contributed by atoms with van der Waals surface area (Å²) < 4.78 is 27.2. The zero-order chi connectivity index (χ0) is 21.9. The first-order chi connectivity index (χ1) is 14.8. The second kappa shape index (κ2) is 6.70. The first-order valence-corrected chi connectivity index (χ1v) is 9.49. The quantitative estimate of drug-likeness (QED) is 0.303. The average Bonchev–Trinajstić information content (AvgIpc) is 3.08. The number of hydrogen-bond acceptors (Lipinski definition) is 2. The number of halogens is 2. The molecule has 0 saturated heterocycles. The summed E-state index contributed by atoms with van der Waals surface area (Å²) in [5, 5.41) is 23.5. The van der Waals surface area contributed by atoms with E-state index >= 15 is 0 Å². The van der Waals surface area contributed by atoms with Crippen molar-refractivity contribution < 1.29 is 23.8 Å². The number of aromatic amines is 1. The number of carbonyl (C=O) groups is 1. The molecule has 4 aromatic carbocycles. The number of fused-ring (bicyclic) bond motifs is 5. The Morgan fingerprint density at radius 3 is 2.35 bits per heavy atom. The molecule has 3 N–H and O–H groups in total. The standard InChI is InChI=1S/C24H16F2N2O3/c1-12-8-14(25)4-7-20(12)28(24(30)31)21-9-13-2-5-16-18-10-15(26)3-6-19(18)27-23(16)17(13)11-22(21)29/h2-11,27,29H,1H3,(H,30,31). The molecule has 0 saturated carbocycles. The molecule has 0 aliphatic carbocycles. The Bertz CT molecular complexity index is 1520. The van der Waals surface area contributed by atoms with Gasteiger partial charge < -0.3 is 15.2 Å². The number of phenols is 1. The molecule has 5 aromatic rings. The molecule has 0 radical (unpaired) electrons.